The van der Waals surface area contributed by atoms with E-state index in [4.69, 9.17) is 4.74 Å². The number of halogens is 1. The Balaban J connectivity index is 1.30. The van der Waals surface area contributed by atoms with Crippen LogP contribution in [-0.2, 0) is 9.53 Å². The van der Waals surface area contributed by atoms with Gasteiger partial charge in [-0.2, -0.15) is 0 Å². The molecule has 0 atom stereocenters. The molecule has 1 aliphatic rings. The second-order valence-electron chi connectivity index (χ2n) is 6.54. The molecule has 144 valence electrons. The van der Waals surface area contributed by atoms with Crippen molar-refractivity contribution < 1.29 is 18.7 Å². The van der Waals surface area contributed by atoms with Crippen molar-refractivity contribution in [2.75, 3.05) is 37.7 Å². The van der Waals surface area contributed by atoms with Crippen LogP contribution in [0.2, 0.25) is 0 Å². The van der Waals surface area contributed by atoms with Crippen molar-refractivity contribution in [3.05, 3.63) is 65.3 Å². The smallest absolute Gasteiger partial charge is 0.348 e. The minimum atomic E-state index is -0.487. The van der Waals surface area contributed by atoms with E-state index in [1.165, 1.54) is 17.4 Å². The molecular weight excluding hydrogens is 379 g/mol. The molecule has 0 N–H and O–H groups in total. The van der Waals surface area contributed by atoms with E-state index >= 15 is 0 Å². The lowest BCUT2D eigenvalue weighted by atomic mass is 10.2. The van der Waals surface area contributed by atoms with Crippen molar-refractivity contribution >= 4 is 39.0 Å². The molecule has 3 aromatic rings. The molecule has 7 heteroatoms. The van der Waals surface area contributed by atoms with E-state index in [0.29, 0.717) is 36.7 Å². The normalized spacial score (nSPS) is 14.3. The van der Waals surface area contributed by atoms with Crippen molar-refractivity contribution in [2.45, 2.75) is 0 Å². The predicted octanol–water partition coefficient (Wildman–Crippen LogP) is 3.55. The van der Waals surface area contributed by atoms with E-state index in [2.05, 4.69) is 0 Å². The second-order valence-corrected chi connectivity index (χ2v) is 7.63. The van der Waals surface area contributed by atoms with E-state index in [0.717, 1.165) is 10.1 Å². The van der Waals surface area contributed by atoms with Crippen LogP contribution in [0, 0.1) is 5.82 Å². The average molecular weight is 398 g/mol. The topological polar surface area (TPSA) is 49.9 Å². The maximum Gasteiger partial charge on any atom is 0.348 e. The summed E-state index contributed by atoms with van der Waals surface area (Å²) in [5, 5.41) is 0.982. The number of hydrogen-bond donors (Lipinski definition) is 0. The minimum absolute atomic E-state index is 0.234. The second kappa shape index (κ2) is 7.98. The zero-order chi connectivity index (χ0) is 19.5. The molecule has 1 aliphatic heterocycles. The average Bonchev–Trinajstić information content (AvgIpc) is 3.17. The maximum atomic E-state index is 13.9. The number of para-hydroxylation sites is 1. The zero-order valence-corrected chi connectivity index (χ0v) is 16.0. The van der Waals surface area contributed by atoms with Crippen molar-refractivity contribution in [2.24, 2.45) is 0 Å². The van der Waals surface area contributed by atoms with Crippen LogP contribution in [0.4, 0.5) is 10.1 Å². The van der Waals surface area contributed by atoms with Gasteiger partial charge in [-0.15, -0.1) is 11.3 Å². The predicted molar refractivity (Wildman–Crippen MR) is 107 cm³/mol. The van der Waals surface area contributed by atoms with Gasteiger partial charge in [0.2, 0.25) is 0 Å². The molecule has 0 aliphatic carbocycles. The maximum absolute atomic E-state index is 13.9. The monoisotopic (exact) mass is 398 g/mol. The fourth-order valence-electron chi connectivity index (χ4n) is 3.28. The third-order valence-electron chi connectivity index (χ3n) is 4.78. The molecule has 1 fully saturated rings. The highest BCUT2D eigenvalue weighted by Gasteiger charge is 2.24. The van der Waals surface area contributed by atoms with Crippen LogP contribution in [-0.4, -0.2) is 49.6 Å². The highest BCUT2D eigenvalue weighted by atomic mass is 32.1. The number of anilines is 1. The molecule has 0 saturated carbocycles. The van der Waals surface area contributed by atoms with Crippen LogP contribution >= 0.6 is 11.3 Å². The third kappa shape index (κ3) is 3.84. The summed E-state index contributed by atoms with van der Waals surface area (Å²) in [7, 11) is 0. The first-order valence-corrected chi connectivity index (χ1v) is 9.86. The van der Waals surface area contributed by atoms with Crippen LogP contribution in [0.1, 0.15) is 9.67 Å². The number of rotatable bonds is 4. The molecule has 1 amide bonds. The number of ether oxygens (including phenoxy) is 1. The molecule has 0 bridgehead atoms. The van der Waals surface area contributed by atoms with Crippen LogP contribution in [0.5, 0.6) is 0 Å². The van der Waals surface area contributed by atoms with Gasteiger partial charge in [0.1, 0.15) is 10.7 Å². The summed E-state index contributed by atoms with van der Waals surface area (Å²) in [4.78, 5) is 28.7. The number of fused-ring (bicyclic) bond motifs is 1. The lowest BCUT2D eigenvalue weighted by Gasteiger charge is -2.36. The molecule has 1 aromatic heterocycles. The lowest BCUT2D eigenvalue weighted by molar-refractivity contribution is -0.134. The van der Waals surface area contributed by atoms with Crippen LogP contribution in [0.15, 0.2) is 54.6 Å². The van der Waals surface area contributed by atoms with E-state index in [1.54, 1.807) is 29.2 Å². The van der Waals surface area contributed by atoms with Crippen molar-refractivity contribution in [1.82, 2.24) is 4.90 Å². The van der Waals surface area contributed by atoms with Gasteiger partial charge < -0.3 is 14.5 Å². The van der Waals surface area contributed by atoms with Crippen LogP contribution in [0.25, 0.3) is 10.1 Å². The van der Waals surface area contributed by atoms with Gasteiger partial charge in [-0.1, -0.05) is 30.3 Å². The summed E-state index contributed by atoms with van der Waals surface area (Å²) in [6.07, 6.45) is 0. The number of hydrogen-bond acceptors (Lipinski definition) is 5. The number of nitrogens with zero attached hydrogens (tertiary/aromatic N) is 2. The SMILES string of the molecule is O=C(OCC(=O)N1CCN(c2ccccc2F)CC1)c1cc2ccccc2s1. The number of piperazine rings is 1. The molecule has 28 heavy (non-hydrogen) atoms. The molecule has 0 unspecified atom stereocenters. The van der Waals surface area contributed by atoms with Crippen LogP contribution < -0.4 is 4.90 Å². The largest absolute Gasteiger partial charge is 0.451 e. The Morgan fingerprint density at radius 1 is 1.00 bits per heavy atom. The number of carbonyl (C=O) groups is 2. The summed E-state index contributed by atoms with van der Waals surface area (Å²) in [6, 6.07) is 16.1. The Labute approximate surface area is 165 Å². The molecule has 0 spiro atoms. The third-order valence-corrected chi connectivity index (χ3v) is 5.88. The number of benzene rings is 2. The Morgan fingerprint density at radius 3 is 2.46 bits per heavy atom. The summed E-state index contributed by atoms with van der Waals surface area (Å²) in [5.74, 6) is -0.985. The molecule has 5 nitrogen and oxygen atoms in total. The highest BCUT2D eigenvalue weighted by molar-refractivity contribution is 7.20. The summed E-state index contributed by atoms with van der Waals surface area (Å²) in [5.41, 5.74) is 0.547. The van der Waals surface area contributed by atoms with E-state index < -0.39 is 5.97 Å². The Kier molecular flexibility index (Phi) is 5.25. The van der Waals surface area contributed by atoms with Crippen molar-refractivity contribution in [1.29, 1.82) is 0 Å². The Morgan fingerprint density at radius 2 is 1.71 bits per heavy atom. The first-order chi connectivity index (χ1) is 13.6. The standard InChI is InChI=1S/C21H19FN2O3S/c22-16-6-2-3-7-17(16)23-9-11-24(12-10-23)20(25)14-27-21(26)19-13-15-5-1-4-8-18(15)28-19/h1-8,13H,9-12,14H2. The fourth-order valence-corrected chi connectivity index (χ4v) is 4.23. The molecule has 2 heterocycles. The van der Waals surface area contributed by atoms with Gasteiger partial charge in [-0.3, -0.25) is 4.79 Å². The van der Waals surface area contributed by atoms with Gasteiger partial charge >= 0.3 is 5.97 Å². The van der Waals surface area contributed by atoms with E-state index in [-0.39, 0.29) is 18.3 Å². The summed E-state index contributed by atoms with van der Waals surface area (Å²) < 4.78 is 20.1. The Bertz CT molecular complexity index is 979. The Hall–Kier alpha value is -2.93. The quantitative estimate of drug-likeness (QED) is 0.631. The van der Waals surface area contributed by atoms with E-state index in [1.807, 2.05) is 29.2 Å². The highest BCUT2D eigenvalue weighted by Crippen LogP contribution is 2.26. The van der Waals surface area contributed by atoms with Gasteiger partial charge in [0.05, 0.1) is 5.69 Å². The number of amides is 1. The molecular formula is C21H19FN2O3S. The van der Waals surface area contributed by atoms with E-state index in [9.17, 15) is 14.0 Å². The van der Waals surface area contributed by atoms with Crippen LogP contribution in [0.3, 0.4) is 0 Å². The first kappa shape index (κ1) is 18.4. The number of carbonyl (C=O) groups excluding carboxylic acids is 2. The molecule has 4 rings (SSSR count). The summed E-state index contributed by atoms with van der Waals surface area (Å²) >= 11 is 1.35. The molecule has 0 radical (unpaired) electrons. The van der Waals surface area contributed by atoms with Gasteiger partial charge in [0.25, 0.3) is 5.91 Å². The van der Waals surface area contributed by atoms with Gasteiger partial charge in [0.15, 0.2) is 6.61 Å². The summed E-state index contributed by atoms with van der Waals surface area (Å²) in [6.45, 7) is 1.72. The van der Waals surface area contributed by atoms with Gasteiger partial charge in [-0.25, -0.2) is 9.18 Å². The number of thiophene rings is 1. The zero-order valence-electron chi connectivity index (χ0n) is 15.1. The first-order valence-electron chi connectivity index (χ1n) is 9.05. The lowest BCUT2D eigenvalue weighted by Crippen LogP contribution is -2.50. The molecule has 1 saturated heterocycles. The fraction of sp³-hybridized carbons (Fsp3) is 0.238. The van der Waals surface area contributed by atoms with Gasteiger partial charge in [-0.05, 0) is 29.7 Å². The number of esters is 1. The van der Waals surface area contributed by atoms with Crippen molar-refractivity contribution in [3.8, 4) is 0 Å². The van der Waals surface area contributed by atoms with Gasteiger partial charge in [0, 0.05) is 30.9 Å². The van der Waals surface area contributed by atoms with Crippen molar-refractivity contribution in [3.63, 3.8) is 0 Å². The molecule has 2 aromatic carbocycles. The minimum Gasteiger partial charge on any atom is -0.451 e.